The second-order valence-electron chi connectivity index (χ2n) is 7.58. The van der Waals surface area contributed by atoms with Crippen LogP contribution in [0.3, 0.4) is 0 Å². The number of ether oxygens (including phenoxy) is 1. The first-order valence-electron chi connectivity index (χ1n) is 10.6. The number of hydrogen-bond acceptors (Lipinski definition) is 4. The van der Waals surface area contributed by atoms with Gasteiger partial charge in [0, 0.05) is 24.9 Å². The van der Waals surface area contributed by atoms with E-state index in [-0.39, 0.29) is 0 Å². The summed E-state index contributed by atoms with van der Waals surface area (Å²) in [4.78, 5) is 7.40. The van der Waals surface area contributed by atoms with Gasteiger partial charge in [-0.2, -0.15) is 0 Å². The molecule has 0 saturated heterocycles. The third kappa shape index (κ3) is 6.60. The maximum absolute atomic E-state index is 5.23. The summed E-state index contributed by atoms with van der Waals surface area (Å²) in [6.07, 6.45) is 5.54. The smallest absolute Gasteiger partial charge is 0.185 e. The van der Waals surface area contributed by atoms with Crippen molar-refractivity contribution in [2.75, 3.05) is 25.1 Å². The first-order chi connectivity index (χ1) is 14.2. The number of anilines is 1. The molecule has 3 nitrogen and oxygen atoms in total. The lowest BCUT2D eigenvalue weighted by Gasteiger charge is -2.21. The molecule has 3 rings (SSSR count). The molecule has 0 amide bonds. The zero-order valence-electron chi connectivity index (χ0n) is 17.9. The first-order valence-corrected chi connectivity index (χ1v) is 11.4. The van der Waals surface area contributed by atoms with Gasteiger partial charge in [0.1, 0.15) is 5.75 Å². The van der Waals surface area contributed by atoms with E-state index in [1.54, 1.807) is 18.4 Å². The molecular formula is C25H32N2OS. The van der Waals surface area contributed by atoms with Crippen molar-refractivity contribution in [2.24, 2.45) is 0 Å². The van der Waals surface area contributed by atoms with Gasteiger partial charge in [0.05, 0.1) is 12.8 Å². The molecule has 0 atom stereocenters. The molecule has 1 heterocycles. The number of aryl methyl sites for hydroxylation is 2. The van der Waals surface area contributed by atoms with Gasteiger partial charge >= 0.3 is 0 Å². The Morgan fingerprint density at radius 2 is 1.83 bits per heavy atom. The van der Waals surface area contributed by atoms with E-state index >= 15 is 0 Å². The SMILES string of the molecule is CCCN(CCCCc1ccc(OC)cc1)c1nc(Cc2cccc(C)c2)cs1. The number of methoxy groups -OCH3 is 1. The summed E-state index contributed by atoms with van der Waals surface area (Å²) in [6.45, 7) is 6.53. The minimum Gasteiger partial charge on any atom is -0.497 e. The van der Waals surface area contributed by atoms with E-state index in [0.717, 1.165) is 38.1 Å². The summed E-state index contributed by atoms with van der Waals surface area (Å²) < 4.78 is 5.23. The van der Waals surface area contributed by atoms with Gasteiger partial charge in [-0.25, -0.2) is 4.98 Å². The van der Waals surface area contributed by atoms with E-state index in [0.29, 0.717) is 0 Å². The molecule has 0 fully saturated rings. The number of unbranched alkanes of at least 4 members (excludes halogenated alkanes) is 1. The number of benzene rings is 2. The van der Waals surface area contributed by atoms with E-state index in [1.807, 2.05) is 12.1 Å². The van der Waals surface area contributed by atoms with Crippen LogP contribution in [0.5, 0.6) is 5.75 Å². The van der Waals surface area contributed by atoms with Gasteiger partial charge in [0.25, 0.3) is 0 Å². The van der Waals surface area contributed by atoms with E-state index in [2.05, 4.69) is 60.5 Å². The minimum absolute atomic E-state index is 0.912. The maximum atomic E-state index is 5.23. The summed E-state index contributed by atoms with van der Waals surface area (Å²) in [5.41, 5.74) is 5.20. The fraction of sp³-hybridized carbons (Fsp3) is 0.400. The van der Waals surface area contributed by atoms with Crippen molar-refractivity contribution in [3.8, 4) is 5.75 Å². The third-order valence-corrected chi connectivity index (χ3v) is 6.02. The lowest BCUT2D eigenvalue weighted by molar-refractivity contribution is 0.414. The number of hydrogen-bond donors (Lipinski definition) is 0. The van der Waals surface area contributed by atoms with Crippen LogP contribution in [0.25, 0.3) is 0 Å². The normalized spacial score (nSPS) is 10.9. The highest BCUT2D eigenvalue weighted by molar-refractivity contribution is 7.13. The van der Waals surface area contributed by atoms with Crippen LogP contribution in [0.2, 0.25) is 0 Å². The average Bonchev–Trinajstić information content (AvgIpc) is 3.19. The number of nitrogens with zero attached hydrogens (tertiary/aromatic N) is 2. The maximum Gasteiger partial charge on any atom is 0.185 e. The zero-order chi connectivity index (χ0) is 20.5. The first kappa shape index (κ1) is 21.4. The lowest BCUT2D eigenvalue weighted by atomic mass is 10.1. The number of rotatable bonds is 11. The van der Waals surface area contributed by atoms with Gasteiger partial charge in [0.2, 0.25) is 0 Å². The molecule has 0 radical (unpaired) electrons. The van der Waals surface area contributed by atoms with Crippen molar-refractivity contribution in [1.82, 2.24) is 4.98 Å². The Labute approximate surface area is 179 Å². The van der Waals surface area contributed by atoms with Crippen LogP contribution in [0.15, 0.2) is 53.9 Å². The largest absolute Gasteiger partial charge is 0.497 e. The highest BCUT2D eigenvalue weighted by Gasteiger charge is 2.11. The molecule has 0 bridgehead atoms. The molecule has 4 heteroatoms. The molecular weight excluding hydrogens is 376 g/mol. The molecule has 0 aliphatic carbocycles. The van der Waals surface area contributed by atoms with Crippen LogP contribution >= 0.6 is 11.3 Å². The lowest BCUT2D eigenvalue weighted by Crippen LogP contribution is -2.25. The molecule has 3 aromatic rings. The minimum atomic E-state index is 0.912. The van der Waals surface area contributed by atoms with Crippen LogP contribution in [0.4, 0.5) is 5.13 Å². The molecule has 1 aromatic heterocycles. The topological polar surface area (TPSA) is 25.4 Å². The van der Waals surface area contributed by atoms with Crippen LogP contribution in [0.1, 0.15) is 48.6 Å². The standard InChI is InChI=1S/C25H32N2OS/c1-4-15-27(16-6-5-9-21-11-13-24(28-3)14-12-21)25-26-23(19-29-25)18-22-10-7-8-20(2)17-22/h7-8,10-14,17,19H,4-6,9,15-16,18H2,1-3H3. The second-order valence-corrected chi connectivity index (χ2v) is 8.42. The highest BCUT2D eigenvalue weighted by atomic mass is 32.1. The van der Waals surface area contributed by atoms with E-state index < -0.39 is 0 Å². The van der Waals surface area contributed by atoms with Crippen molar-refractivity contribution in [3.63, 3.8) is 0 Å². The fourth-order valence-corrected chi connectivity index (χ4v) is 4.43. The summed E-state index contributed by atoms with van der Waals surface area (Å²) in [5.74, 6) is 0.924. The van der Waals surface area contributed by atoms with Crippen molar-refractivity contribution in [3.05, 3.63) is 76.3 Å². The summed E-state index contributed by atoms with van der Waals surface area (Å²) >= 11 is 1.78. The van der Waals surface area contributed by atoms with Crippen molar-refractivity contribution < 1.29 is 4.74 Å². The van der Waals surface area contributed by atoms with Crippen LogP contribution < -0.4 is 9.64 Å². The Bertz CT molecular complexity index is 873. The van der Waals surface area contributed by atoms with Gasteiger partial charge in [-0.15, -0.1) is 11.3 Å². The summed E-state index contributed by atoms with van der Waals surface area (Å²) in [5, 5.41) is 3.39. The van der Waals surface area contributed by atoms with Gasteiger partial charge in [0.15, 0.2) is 5.13 Å². The Balaban J connectivity index is 1.51. The molecule has 0 N–H and O–H groups in total. The van der Waals surface area contributed by atoms with Crippen LogP contribution in [0, 0.1) is 6.92 Å². The van der Waals surface area contributed by atoms with Gasteiger partial charge in [-0.05, 0) is 55.9 Å². The molecule has 0 unspecified atom stereocenters. The highest BCUT2D eigenvalue weighted by Crippen LogP contribution is 2.23. The van der Waals surface area contributed by atoms with Crippen molar-refractivity contribution >= 4 is 16.5 Å². The molecule has 154 valence electrons. The average molecular weight is 409 g/mol. The van der Waals surface area contributed by atoms with E-state index in [1.165, 1.54) is 40.4 Å². The zero-order valence-corrected chi connectivity index (χ0v) is 18.7. The Hall–Kier alpha value is -2.33. The quantitative estimate of drug-likeness (QED) is 0.349. The molecule has 29 heavy (non-hydrogen) atoms. The molecule has 0 aliphatic heterocycles. The summed E-state index contributed by atoms with van der Waals surface area (Å²) in [7, 11) is 1.71. The Morgan fingerprint density at radius 1 is 1.00 bits per heavy atom. The van der Waals surface area contributed by atoms with Crippen molar-refractivity contribution in [1.29, 1.82) is 0 Å². The van der Waals surface area contributed by atoms with Gasteiger partial charge in [-0.3, -0.25) is 0 Å². The molecule has 0 spiro atoms. The van der Waals surface area contributed by atoms with Gasteiger partial charge < -0.3 is 9.64 Å². The second kappa shape index (κ2) is 11.0. The molecule has 2 aromatic carbocycles. The number of thiazole rings is 1. The van der Waals surface area contributed by atoms with Gasteiger partial charge in [-0.1, -0.05) is 48.9 Å². The molecule has 0 saturated carbocycles. The van der Waals surface area contributed by atoms with E-state index in [4.69, 9.17) is 9.72 Å². The Morgan fingerprint density at radius 3 is 2.55 bits per heavy atom. The third-order valence-electron chi connectivity index (χ3n) is 5.07. The van der Waals surface area contributed by atoms with Crippen LogP contribution in [-0.4, -0.2) is 25.2 Å². The predicted octanol–water partition coefficient (Wildman–Crippen LogP) is 6.29. The Kier molecular flexibility index (Phi) is 8.12. The monoisotopic (exact) mass is 408 g/mol. The molecule has 0 aliphatic rings. The van der Waals surface area contributed by atoms with Crippen LogP contribution in [-0.2, 0) is 12.8 Å². The van der Waals surface area contributed by atoms with E-state index in [9.17, 15) is 0 Å². The fourth-order valence-electron chi connectivity index (χ4n) is 3.55. The summed E-state index contributed by atoms with van der Waals surface area (Å²) in [6, 6.07) is 17.1. The number of aromatic nitrogens is 1. The van der Waals surface area contributed by atoms with Crippen molar-refractivity contribution in [2.45, 2.75) is 46.0 Å². The predicted molar refractivity (Wildman–Crippen MR) is 125 cm³/mol.